The van der Waals surface area contributed by atoms with E-state index in [-0.39, 0.29) is 11.6 Å². The molecule has 2 rings (SSSR count). The van der Waals surface area contributed by atoms with Gasteiger partial charge in [0, 0.05) is 36.4 Å². The van der Waals surface area contributed by atoms with Crippen LogP contribution in [-0.4, -0.2) is 49.3 Å². The van der Waals surface area contributed by atoms with Crippen molar-refractivity contribution in [3.63, 3.8) is 0 Å². The average molecular weight is 235 g/mol. The smallest absolute Gasteiger partial charge is 0.185 e. The zero-order chi connectivity index (χ0) is 12.4. The summed E-state index contributed by atoms with van der Waals surface area (Å²) in [5.41, 5.74) is 1.78. The molecule has 0 aromatic heterocycles. The van der Waals surface area contributed by atoms with Crippen LogP contribution >= 0.6 is 0 Å². The first-order valence-electron chi connectivity index (χ1n) is 5.87. The van der Waals surface area contributed by atoms with E-state index < -0.39 is 0 Å². The molecule has 4 nitrogen and oxygen atoms in total. The molecule has 1 saturated heterocycles. The molecule has 0 aromatic carbocycles. The Labute approximate surface area is 101 Å². The van der Waals surface area contributed by atoms with E-state index in [4.69, 9.17) is 4.74 Å². The van der Waals surface area contributed by atoms with Crippen LogP contribution in [0.1, 0.15) is 13.8 Å². The van der Waals surface area contributed by atoms with Crippen molar-refractivity contribution < 1.29 is 14.3 Å². The molecule has 0 spiro atoms. The van der Waals surface area contributed by atoms with Crippen LogP contribution in [0.25, 0.3) is 0 Å². The van der Waals surface area contributed by atoms with Crippen molar-refractivity contribution >= 4 is 11.6 Å². The third-order valence-corrected chi connectivity index (χ3v) is 3.28. The summed E-state index contributed by atoms with van der Waals surface area (Å²) < 4.78 is 5.26. The molecular weight excluding hydrogens is 218 g/mol. The fraction of sp³-hybridized carbons (Fsp3) is 0.538. The Kier molecular flexibility index (Phi) is 3.54. The van der Waals surface area contributed by atoms with Crippen molar-refractivity contribution in [2.75, 3.05) is 32.8 Å². The molecule has 0 atom stereocenters. The second-order valence-electron chi connectivity index (χ2n) is 4.51. The highest BCUT2D eigenvalue weighted by molar-refractivity contribution is 6.22. The van der Waals surface area contributed by atoms with E-state index in [1.54, 1.807) is 13.8 Å². The van der Waals surface area contributed by atoms with Crippen molar-refractivity contribution in [1.29, 1.82) is 0 Å². The second kappa shape index (κ2) is 4.94. The van der Waals surface area contributed by atoms with Crippen LogP contribution in [0.3, 0.4) is 0 Å². The molecule has 0 saturated carbocycles. The van der Waals surface area contributed by atoms with E-state index in [9.17, 15) is 9.59 Å². The summed E-state index contributed by atoms with van der Waals surface area (Å²) in [6, 6.07) is 0. The molecule has 0 amide bonds. The lowest BCUT2D eigenvalue weighted by Crippen LogP contribution is -2.39. The number of ether oxygens (including phenoxy) is 1. The molecule has 0 bridgehead atoms. The molecule has 2 aliphatic rings. The Balaban J connectivity index is 2.14. The lowest BCUT2D eigenvalue weighted by molar-refractivity contribution is -0.116. The van der Waals surface area contributed by atoms with Gasteiger partial charge in [0.1, 0.15) is 0 Å². The van der Waals surface area contributed by atoms with Crippen molar-refractivity contribution in [3.05, 3.63) is 22.8 Å². The summed E-state index contributed by atoms with van der Waals surface area (Å²) in [7, 11) is 0. The van der Waals surface area contributed by atoms with E-state index >= 15 is 0 Å². The minimum Gasteiger partial charge on any atom is -0.379 e. The van der Waals surface area contributed by atoms with Crippen LogP contribution < -0.4 is 0 Å². The van der Waals surface area contributed by atoms with Crippen molar-refractivity contribution in [2.24, 2.45) is 0 Å². The van der Waals surface area contributed by atoms with Gasteiger partial charge in [-0.25, -0.2) is 0 Å². The first kappa shape index (κ1) is 12.2. The van der Waals surface area contributed by atoms with Gasteiger partial charge in [-0.1, -0.05) is 0 Å². The van der Waals surface area contributed by atoms with Gasteiger partial charge in [-0.15, -0.1) is 0 Å². The van der Waals surface area contributed by atoms with Crippen LogP contribution in [0.15, 0.2) is 22.8 Å². The molecular formula is C13H17NO3. The summed E-state index contributed by atoms with van der Waals surface area (Å²) in [6.45, 7) is 7.03. The predicted octanol–water partition coefficient (Wildman–Crippen LogP) is 0.733. The largest absolute Gasteiger partial charge is 0.379 e. The SMILES string of the molecule is CC1=CC(=O)C(CN2CCOCC2)=C(C)C1=O. The van der Waals surface area contributed by atoms with Crippen LogP contribution in [0.2, 0.25) is 0 Å². The fourth-order valence-corrected chi connectivity index (χ4v) is 2.15. The molecule has 1 aliphatic carbocycles. The van der Waals surface area contributed by atoms with Crippen LogP contribution in [0.5, 0.6) is 0 Å². The van der Waals surface area contributed by atoms with Gasteiger partial charge in [0.2, 0.25) is 0 Å². The number of hydrogen-bond donors (Lipinski definition) is 0. The van der Waals surface area contributed by atoms with E-state index in [0.717, 1.165) is 13.1 Å². The average Bonchev–Trinajstić information content (AvgIpc) is 2.33. The van der Waals surface area contributed by atoms with Gasteiger partial charge < -0.3 is 4.74 Å². The highest BCUT2D eigenvalue weighted by Gasteiger charge is 2.25. The Morgan fingerprint density at radius 1 is 1.24 bits per heavy atom. The third kappa shape index (κ3) is 2.53. The predicted molar refractivity (Wildman–Crippen MR) is 63.7 cm³/mol. The maximum Gasteiger partial charge on any atom is 0.185 e. The summed E-state index contributed by atoms with van der Waals surface area (Å²) in [5.74, 6) is -0.0287. The number of carbonyl (C=O) groups excluding carboxylic acids is 2. The maximum absolute atomic E-state index is 11.9. The number of hydrogen-bond acceptors (Lipinski definition) is 4. The number of nitrogens with zero attached hydrogens (tertiary/aromatic N) is 1. The quantitative estimate of drug-likeness (QED) is 0.662. The molecule has 0 N–H and O–H groups in total. The molecule has 0 radical (unpaired) electrons. The summed E-state index contributed by atoms with van der Waals surface area (Å²) in [6.07, 6.45) is 1.45. The lowest BCUT2D eigenvalue weighted by atomic mass is 9.91. The Morgan fingerprint density at radius 3 is 2.53 bits per heavy atom. The van der Waals surface area contributed by atoms with E-state index in [1.165, 1.54) is 6.08 Å². The second-order valence-corrected chi connectivity index (χ2v) is 4.51. The monoisotopic (exact) mass is 235 g/mol. The highest BCUT2D eigenvalue weighted by atomic mass is 16.5. The normalized spacial score (nSPS) is 23.1. The highest BCUT2D eigenvalue weighted by Crippen LogP contribution is 2.19. The number of Topliss-reactive ketones (excluding diaryl/α,β-unsaturated/α-hetero) is 1. The van der Waals surface area contributed by atoms with Gasteiger partial charge in [0.25, 0.3) is 0 Å². The molecule has 1 heterocycles. The van der Waals surface area contributed by atoms with Gasteiger partial charge in [-0.3, -0.25) is 14.5 Å². The van der Waals surface area contributed by atoms with Crippen LogP contribution in [-0.2, 0) is 14.3 Å². The van der Waals surface area contributed by atoms with Gasteiger partial charge in [0.15, 0.2) is 11.6 Å². The van der Waals surface area contributed by atoms with E-state index in [0.29, 0.717) is 36.5 Å². The number of allylic oxidation sites excluding steroid dienone is 3. The van der Waals surface area contributed by atoms with Gasteiger partial charge in [-0.05, 0) is 19.9 Å². The van der Waals surface area contributed by atoms with Crippen LogP contribution in [0, 0.1) is 0 Å². The Morgan fingerprint density at radius 2 is 1.88 bits per heavy atom. The molecule has 0 aromatic rings. The first-order chi connectivity index (χ1) is 8.09. The first-order valence-corrected chi connectivity index (χ1v) is 5.87. The topological polar surface area (TPSA) is 46.6 Å². The van der Waals surface area contributed by atoms with E-state index in [1.807, 2.05) is 0 Å². The Hall–Kier alpha value is -1.26. The number of carbonyl (C=O) groups is 2. The molecule has 1 aliphatic heterocycles. The third-order valence-electron chi connectivity index (χ3n) is 3.28. The molecule has 17 heavy (non-hydrogen) atoms. The zero-order valence-electron chi connectivity index (χ0n) is 10.3. The van der Waals surface area contributed by atoms with Crippen LogP contribution in [0.4, 0.5) is 0 Å². The lowest BCUT2D eigenvalue weighted by Gasteiger charge is -2.28. The van der Waals surface area contributed by atoms with E-state index in [2.05, 4.69) is 4.90 Å². The maximum atomic E-state index is 11.9. The summed E-state index contributed by atoms with van der Waals surface area (Å²) >= 11 is 0. The number of morpholine rings is 1. The summed E-state index contributed by atoms with van der Waals surface area (Å²) in [4.78, 5) is 25.8. The number of rotatable bonds is 2. The molecule has 0 unspecified atom stereocenters. The fourth-order valence-electron chi connectivity index (χ4n) is 2.15. The van der Waals surface area contributed by atoms with Gasteiger partial charge >= 0.3 is 0 Å². The molecule has 92 valence electrons. The Bertz CT molecular complexity index is 414. The molecule has 4 heteroatoms. The number of ketones is 2. The summed E-state index contributed by atoms with van der Waals surface area (Å²) in [5, 5.41) is 0. The minimum atomic E-state index is -0.0221. The van der Waals surface area contributed by atoms with Crippen molar-refractivity contribution in [1.82, 2.24) is 4.90 Å². The molecule has 1 fully saturated rings. The van der Waals surface area contributed by atoms with Gasteiger partial charge in [-0.2, -0.15) is 0 Å². The minimum absolute atomic E-state index is 0.00661. The van der Waals surface area contributed by atoms with Crippen molar-refractivity contribution in [2.45, 2.75) is 13.8 Å². The van der Waals surface area contributed by atoms with Crippen molar-refractivity contribution in [3.8, 4) is 0 Å². The van der Waals surface area contributed by atoms with Gasteiger partial charge in [0.05, 0.1) is 13.2 Å². The standard InChI is InChI=1S/C13H17NO3/c1-9-7-12(15)11(10(2)13(9)16)8-14-3-5-17-6-4-14/h7H,3-6,8H2,1-2H3. The zero-order valence-corrected chi connectivity index (χ0v) is 10.3.